The van der Waals surface area contributed by atoms with Crippen molar-refractivity contribution in [2.75, 3.05) is 19.7 Å². The van der Waals surface area contributed by atoms with Gasteiger partial charge in [0.25, 0.3) is 0 Å². The van der Waals surface area contributed by atoms with Gasteiger partial charge in [-0.3, -0.25) is 4.68 Å². The molecule has 0 bridgehead atoms. The lowest BCUT2D eigenvalue weighted by Crippen LogP contribution is -2.39. The molecule has 1 heterocycles. The Morgan fingerprint density at radius 2 is 1.85 bits per heavy atom. The minimum Gasteiger partial charge on any atom is -0.492 e. The van der Waals surface area contributed by atoms with Crippen molar-refractivity contribution in [3.63, 3.8) is 0 Å². The van der Waals surface area contributed by atoms with Crippen LogP contribution in [0.1, 0.15) is 37.7 Å². The number of para-hydroxylation sites is 1. The molecular formula is C20H32IN5O. The van der Waals surface area contributed by atoms with E-state index >= 15 is 0 Å². The van der Waals surface area contributed by atoms with E-state index in [0.717, 1.165) is 36.8 Å². The summed E-state index contributed by atoms with van der Waals surface area (Å²) in [5.74, 6) is 1.68. The molecule has 6 nitrogen and oxygen atoms in total. The summed E-state index contributed by atoms with van der Waals surface area (Å²) in [7, 11) is 2.01. The standard InChI is InChI=1S/C20H31N5O.HI/c1-5-18-17(19(6-2)25(4)24-18)15-23-20(21-7-3)22-13-14-26-16-11-9-8-10-12-16;/h8-12H,5-7,13-15H2,1-4H3,(H2,21,22,23);1H. The Balaban J connectivity index is 0.00000364. The van der Waals surface area contributed by atoms with Gasteiger partial charge in [0, 0.05) is 24.8 Å². The molecule has 150 valence electrons. The number of nitrogens with one attached hydrogen (secondary N) is 2. The number of nitrogens with zero attached hydrogens (tertiary/aromatic N) is 3. The van der Waals surface area contributed by atoms with E-state index in [4.69, 9.17) is 9.73 Å². The molecule has 0 aliphatic heterocycles. The smallest absolute Gasteiger partial charge is 0.191 e. The van der Waals surface area contributed by atoms with Crippen molar-refractivity contribution in [3.8, 4) is 5.75 Å². The minimum absolute atomic E-state index is 0. The van der Waals surface area contributed by atoms with Crippen LogP contribution in [0.15, 0.2) is 35.3 Å². The molecular weight excluding hydrogens is 453 g/mol. The number of rotatable bonds is 9. The summed E-state index contributed by atoms with van der Waals surface area (Å²) in [6, 6.07) is 9.84. The van der Waals surface area contributed by atoms with Crippen LogP contribution in [0, 0.1) is 0 Å². The molecule has 2 rings (SSSR count). The predicted molar refractivity (Wildman–Crippen MR) is 122 cm³/mol. The Hall–Kier alpha value is -1.77. The van der Waals surface area contributed by atoms with Crippen LogP contribution in [-0.4, -0.2) is 35.4 Å². The molecule has 7 heteroatoms. The Labute approximate surface area is 179 Å². The zero-order valence-electron chi connectivity index (χ0n) is 16.8. The number of benzene rings is 1. The van der Waals surface area contributed by atoms with Gasteiger partial charge in [-0.2, -0.15) is 5.10 Å². The predicted octanol–water partition coefficient (Wildman–Crippen LogP) is 3.30. The number of hydrogen-bond acceptors (Lipinski definition) is 3. The minimum atomic E-state index is 0. The number of aryl methyl sites for hydroxylation is 2. The molecule has 2 N–H and O–H groups in total. The zero-order chi connectivity index (χ0) is 18.8. The van der Waals surface area contributed by atoms with Crippen molar-refractivity contribution in [2.24, 2.45) is 12.0 Å². The molecule has 0 saturated carbocycles. The average molecular weight is 485 g/mol. The molecule has 0 saturated heterocycles. The van der Waals surface area contributed by atoms with E-state index in [1.807, 2.05) is 42.1 Å². The Kier molecular flexibility index (Phi) is 10.8. The monoisotopic (exact) mass is 485 g/mol. The van der Waals surface area contributed by atoms with E-state index in [2.05, 4.69) is 36.5 Å². The molecule has 0 spiro atoms. The molecule has 0 aliphatic carbocycles. The maximum Gasteiger partial charge on any atom is 0.191 e. The SMILES string of the molecule is CCNC(=NCc1c(CC)nn(C)c1CC)NCCOc1ccccc1.I. The number of aromatic nitrogens is 2. The topological polar surface area (TPSA) is 63.5 Å². The molecule has 0 atom stereocenters. The van der Waals surface area contributed by atoms with Crippen LogP contribution in [-0.2, 0) is 26.4 Å². The Bertz CT molecular complexity index is 700. The lowest BCUT2D eigenvalue weighted by molar-refractivity contribution is 0.322. The summed E-state index contributed by atoms with van der Waals surface area (Å²) in [4.78, 5) is 4.74. The van der Waals surface area contributed by atoms with Crippen molar-refractivity contribution in [2.45, 2.75) is 40.2 Å². The van der Waals surface area contributed by atoms with Crippen LogP contribution < -0.4 is 15.4 Å². The molecule has 0 fully saturated rings. The van der Waals surface area contributed by atoms with Crippen molar-refractivity contribution in [1.82, 2.24) is 20.4 Å². The fraction of sp³-hybridized carbons (Fsp3) is 0.500. The molecule has 0 unspecified atom stereocenters. The highest BCUT2D eigenvalue weighted by atomic mass is 127. The first kappa shape index (κ1) is 23.3. The molecule has 0 aliphatic rings. The highest BCUT2D eigenvalue weighted by Gasteiger charge is 2.13. The van der Waals surface area contributed by atoms with Gasteiger partial charge < -0.3 is 15.4 Å². The van der Waals surface area contributed by atoms with Crippen molar-refractivity contribution >= 4 is 29.9 Å². The summed E-state index contributed by atoms with van der Waals surface area (Å²) in [5, 5.41) is 11.2. The van der Waals surface area contributed by atoms with Crippen molar-refractivity contribution < 1.29 is 4.74 Å². The number of guanidine groups is 1. The summed E-state index contributed by atoms with van der Waals surface area (Å²) in [6.07, 6.45) is 1.89. The molecule has 1 aromatic carbocycles. The third-order valence-corrected chi connectivity index (χ3v) is 4.17. The highest BCUT2D eigenvalue weighted by Crippen LogP contribution is 2.16. The lowest BCUT2D eigenvalue weighted by atomic mass is 10.1. The first-order chi connectivity index (χ1) is 12.7. The van der Waals surface area contributed by atoms with Gasteiger partial charge in [0.15, 0.2) is 5.96 Å². The van der Waals surface area contributed by atoms with Gasteiger partial charge in [0.1, 0.15) is 12.4 Å². The lowest BCUT2D eigenvalue weighted by Gasteiger charge is -2.12. The highest BCUT2D eigenvalue weighted by molar-refractivity contribution is 14.0. The number of ether oxygens (including phenoxy) is 1. The Morgan fingerprint density at radius 1 is 1.11 bits per heavy atom. The van der Waals surface area contributed by atoms with Crippen molar-refractivity contribution in [1.29, 1.82) is 0 Å². The third kappa shape index (κ3) is 7.04. The van der Waals surface area contributed by atoms with E-state index in [1.54, 1.807) is 0 Å². The van der Waals surface area contributed by atoms with Gasteiger partial charge in [-0.25, -0.2) is 4.99 Å². The fourth-order valence-electron chi connectivity index (χ4n) is 2.93. The Morgan fingerprint density at radius 3 is 2.48 bits per heavy atom. The third-order valence-electron chi connectivity index (χ3n) is 4.17. The van der Waals surface area contributed by atoms with Crippen LogP contribution in [0.3, 0.4) is 0 Å². The van der Waals surface area contributed by atoms with Crippen LogP contribution in [0.5, 0.6) is 5.75 Å². The van der Waals surface area contributed by atoms with Gasteiger partial charge in [0.2, 0.25) is 0 Å². The summed E-state index contributed by atoms with van der Waals surface area (Å²) in [6.45, 7) is 9.09. The quantitative estimate of drug-likeness (QED) is 0.248. The second kappa shape index (κ2) is 12.6. The first-order valence-corrected chi connectivity index (χ1v) is 9.43. The van der Waals surface area contributed by atoms with Gasteiger partial charge >= 0.3 is 0 Å². The summed E-state index contributed by atoms with van der Waals surface area (Å²) in [5.41, 5.74) is 3.64. The van der Waals surface area contributed by atoms with Gasteiger partial charge in [-0.1, -0.05) is 32.0 Å². The number of halogens is 1. The van der Waals surface area contributed by atoms with E-state index in [-0.39, 0.29) is 24.0 Å². The van der Waals surface area contributed by atoms with Crippen LogP contribution in [0.2, 0.25) is 0 Å². The summed E-state index contributed by atoms with van der Waals surface area (Å²) >= 11 is 0. The molecule has 2 aromatic rings. The zero-order valence-corrected chi connectivity index (χ0v) is 19.1. The van der Waals surface area contributed by atoms with Crippen LogP contribution >= 0.6 is 24.0 Å². The van der Waals surface area contributed by atoms with Crippen LogP contribution in [0.4, 0.5) is 0 Å². The van der Waals surface area contributed by atoms with Gasteiger partial charge in [-0.05, 0) is 31.9 Å². The maximum atomic E-state index is 5.72. The normalized spacial score (nSPS) is 11.0. The molecule has 1 aromatic heterocycles. The van der Waals surface area contributed by atoms with E-state index in [9.17, 15) is 0 Å². The van der Waals surface area contributed by atoms with E-state index in [1.165, 1.54) is 11.3 Å². The number of aliphatic imine (C=N–C) groups is 1. The van der Waals surface area contributed by atoms with Crippen molar-refractivity contribution in [3.05, 3.63) is 47.3 Å². The second-order valence-corrected chi connectivity index (χ2v) is 5.99. The van der Waals surface area contributed by atoms with E-state index < -0.39 is 0 Å². The number of hydrogen-bond donors (Lipinski definition) is 2. The fourth-order valence-corrected chi connectivity index (χ4v) is 2.93. The van der Waals surface area contributed by atoms with Gasteiger partial charge in [0.05, 0.1) is 18.8 Å². The van der Waals surface area contributed by atoms with E-state index in [0.29, 0.717) is 19.7 Å². The summed E-state index contributed by atoms with van der Waals surface area (Å²) < 4.78 is 7.70. The molecule has 0 radical (unpaired) electrons. The van der Waals surface area contributed by atoms with Gasteiger partial charge in [-0.15, -0.1) is 24.0 Å². The molecule has 27 heavy (non-hydrogen) atoms. The van der Waals surface area contributed by atoms with Crippen LogP contribution in [0.25, 0.3) is 0 Å². The first-order valence-electron chi connectivity index (χ1n) is 9.43. The molecule has 0 amide bonds. The maximum absolute atomic E-state index is 5.72. The largest absolute Gasteiger partial charge is 0.492 e. The second-order valence-electron chi connectivity index (χ2n) is 5.99. The average Bonchev–Trinajstić information content (AvgIpc) is 2.98.